The maximum absolute atomic E-state index is 12.2. The van der Waals surface area contributed by atoms with E-state index >= 15 is 0 Å². The molecular formula is C29H34NO10P. The standard InChI is InChI=1S/C29H34NO10P/c1-21-7-4-10-24(17-21)40-25-11-5-8-22(18-25)19-37-27-12-3-2-9-23(27)13-14-28(31)36-15-6-16-38-41(34,35)39-20-26(30)29(32)33/h2-5,7-12,17-18,26H,6,13-16,19-20,30H2,1H3,(H,32,33)(H,34,35)/t26-/m0/s1. The minimum Gasteiger partial charge on any atom is -0.489 e. The van der Waals surface area contributed by atoms with Gasteiger partial charge in [0.25, 0.3) is 0 Å². The first-order valence-corrected chi connectivity index (χ1v) is 14.4. The van der Waals surface area contributed by atoms with E-state index in [1.54, 1.807) is 0 Å². The summed E-state index contributed by atoms with van der Waals surface area (Å²) in [6.07, 6.45) is 0.637. The van der Waals surface area contributed by atoms with E-state index in [4.69, 9.17) is 29.6 Å². The van der Waals surface area contributed by atoms with Crippen LogP contribution in [0.3, 0.4) is 0 Å². The molecule has 0 aliphatic heterocycles. The molecular weight excluding hydrogens is 553 g/mol. The van der Waals surface area contributed by atoms with Gasteiger partial charge in [0.2, 0.25) is 0 Å². The van der Waals surface area contributed by atoms with Crippen molar-refractivity contribution < 1.29 is 47.4 Å². The minimum absolute atomic E-state index is 0.0351. The van der Waals surface area contributed by atoms with Crippen LogP contribution in [-0.4, -0.2) is 47.8 Å². The first kappa shape index (κ1) is 31.8. The number of ether oxygens (including phenoxy) is 3. The van der Waals surface area contributed by atoms with Crippen molar-refractivity contribution in [3.63, 3.8) is 0 Å². The Morgan fingerprint density at radius 1 is 0.951 bits per heavy atom. The third kappa shape index (κ3) is 11.7. The monoisotopic (exact) mass is 587 g/mol. The molecule has 2 atom stereocenters. The molecule has 1 unspecified atom stereocenters. The van der Waals surface area contributed by atoms with Crippen LogP contribution in [0.15, 0.2) is 72.8 Å². The lowest BCUT2D eigenvalue weighted by atomic mass is 10.1. The highest BCUT2D eigenvalue weighted by atomic mass is 31.2. The SMILES string of the molecule is Cc1cccc(Oc2cccc(COc3ccccc3CCC(=O)OCCCOP(=O)(O)OC[C@H](N)C(=O)O)c2)c1. The number of carboxylic acids is 1. The number of benzene rings is 3. The number of hydrogen-bond donors (Lipinski definition) is 3. The summed E-state index contributed by atoms with van der Waals surface area (Å²) >= 11 is 0. The van der Waals surface area contributed by atoms with Crippen LogP contribution in [0.1, 0.15) is 29.5 Å². The fourth-order valence-electron chi connectivity index (χ4n) is 3.54. The lowest BCUT2D eigenvalue weighted by molar-refractivity contribution is -0.143. The zero-order valence-electron chi connectivity index (χ0n) is 22.6. The number of carboxylic acid groups (broad SMARTS) is 1. The van der Waals surface area contributed by atoms with E-state index in [0.29, 0.717) is 24.5 Å². The topological polar surface area (TPSA) is 164 Å². The number of carbonyl (C=O) groups excluding carboxylic acids is 1. The molecule has 0 radical (unpaired) electrons. The summed E-state index contributed by atoms with van der Waals surface area (Å²) in [5, 5.41) is 8.66. The molecule has 0 aliphatic rings. The summed E-state index contributed by atoms with van der Waals surface area (Å²) in [5.41, 5.74) is 8.09. The number of rotatable bonds is 17. The first-order valence-electron chi connectivity index (χ1n) is 12.9. The van der Waals surface area contributed by atoms with Crippen molar-refractivity contribution in [3.8, 4) is 17.2 Å². The van der Waals surface area contributed by atoms with Gasteiger partial charge in [-0.2, -0.15) is 0 Å². The van der Waals surface area contributed by atoms with E-state index in [0.717, 1.165) is 22.4 Å². The number of phosphoric ester groups is 1. The molecule has 4 N–H and O–H groups in total. The summed E-state index contributed by atoms with van der Waals surface area (Å²) in [7, 11) is -4.46. The number of phosphoric acid groups is 1. The number of hydrogen-bond acceptors (Lipinski definition) is 9. The van der Waals surface area contributed by atoms with Gasteiger partial charge in [-0.25, -0.2) is 4.57 Å². The fraction of sp³-hybridized carbons (Fsp3) is 0.310. The number of para-hydroxylation sites is 1. The fourth-order valence-corrected chi connectivity index (χ4v) is 4.33. The van der Waals surface area contributed by atoms with Crippen molar-refractivity contribution in [1.29, 1.82) is 0 Å². The Labute approximate surface area is 238 Å². The van der Waals surface area contributed by atoms with Crippen LogP contribution < -0.4 is 15.2 Å². The van der Waals surface area contributed by atoms with Gasteiger partial charge in [-0.1, -0.05) is 42.5 Å². The summed E-state index contributed by atoms with van der Waals surface area (Å²) < 4.78 is 38.1. The van der Waals surface area contributed by atoms with Crippen molar-refractivity contribution in [2.45, 2.75) is 38.8 Å². The Kier molecular flexibility index (Phi) is 12.3. The predicted molar refractivity (Wildman–Crippen MR) is 150 cm³/mol. The predicted octanol–water partition coefficient (Wildman–Crippen LogP) is 4.78. The molecule has 0 fully saturated rings. The Balaban J connectivity index is 1.40. The quantitative estimate of drug-likeness (QED) is 0.113. The van der Waals surface area contributed by atoms with Gasteiger partial charge in [-0.3, -0.25) is 18.6 Å². The molecule has 3 aromatic carbocycles. The van der Waals surface area contributed by atoms with Gasteiger partial charge in [-0.15, -0.1) is 0 Å². The molecule has 0 amide bonds. The molecule has 12 heteroatoms. The van der Waals surface area contributed by atoms with E-state index in [2.05, 4.69) is 4.52 Å². The van der Waals surface area contributed by atoms with Gasteiger partial charge in [0.1, 0.15) is 29.9 Å². The third-order valence-electron chi connectivity index (χ3n) is 5.63. The van der Waals surface area contributed by atoms with Crippen molar-refractivity contribution in [1.82, 2.24) is 0 Å². The van der Waals surface area contributed by atoms with Crippen LogP contribution in [-0.2, 0) is 41.0 Å². The van der Waals surface area contributed by atoms with E-state index in [-0.39, 0.29) is 26.1 Å². The molecule has 3 aromatic rings. The van der Waals surface area contributed by atoms with Gasteiger partial charge in [-0.05, 0) is 60.4 Å². The smallest absolute Gasteiger partial charge is 0.472 e. The maximum atomic E-state index is 12.2. The van der Waals surface area contributed by atoms with Crippen LogP contribution in [0.4, 0.5) is 0 Å². The summed E-state index contributed by atoms with van der Waals surface area (Å²) in [6.45, 7) is 1.36. The average molecular weight is 588 g/mol. The largest absolute Gasteiger partial charge is 0.489 e. The van der Waals surface area contributed by atoms with Crippen molar-refractivity contribution in [3.05, 3.63) is 89.5 Å². The summed E-state index contributed by atoms with van der Waals surface area (Å²) in [4.78, 5) is 32.4. The highest BCUT2D eigenvalue weighted by molar-refractivity contribution is 7.47. The van der Waals surface area contributed by atoms with E-state index < -0.39 is 32.4 Å². The number of aryl methyl sites for hydroxylation is 2. The van der Waals surface area contributed by atoms with Crippen molar-refractivity contribution in [2.24, 2.45) is 5.73 Å². The minimum atomic E-state index is -4.46. The second-order valence-corrected chi connectivity index (χ2v) is 10.5. The van der Waals surface area contributed by atoms with Gasteiger partial charge < -0.3 is 29.9 Å². The molecule has 11 nitrogen and oxygen atoms in total. The Morgan fingerprint density at radius 2 is 1.68 bits per heavy atom. The molecule has 0 saturated heterocycles. The highest BCUT2D eigenvalue weighted by Crippen LogP contribution is 2.43. The third-order valence-corrected chi connectivity index (χ3v) is 6.61. The van der Waals surface area contributed by atoms with Crippen LogP contribution >= 0.6 is 7.82 Å². The number of aliphatic carboxylic acids is 1. The number of nitrogens with two attached hydrogens (primary N) is 1. The van der Waals surface area contributed by atoms with Crippen LogP contribution in [0.2, 0.25) is 0 Å². The zero-order chi connectivity index (χ0) is 29.7. The van der Waals surface area contributed by atoms with Crippen LogP contribution in [0.25, 0.3) is 0 Å². The lowest BCUT2D eigenvalue weighted by Gasteiger charge is -2.14. The summed E-state index contributed by atoms with van der Waals surface area (Å²) in [5.74, 6) is 0.292. The highest BCUT2D eigenvalue weighted by Gasteiger charge is 2.24. The van der Waals surface area contributed by atoms with Crippen LogP contribution in [0.5, 0.6) is 17.2 Å². The molecule has 0 spiro atoms. The first-order chi connectivity index (χ1) is 19.6. The lowest BCUT2D eigenvalue weighted by Crippen LogP contribution is -2.34. The number of carbonyl (C=O) groups is 2. The van der Waals surface area contributed by atoms with Gasteiger partial charge in [0, 0.05) is 12.8 Å². The molecule has 0 aromatic heterocycles. The zero-order valence-corrected chi connectivity index (χ0v) is 23.5. The van der Waals surface area contributed by atoms with E-state index in [9.17, 15) is 19.0 Å². The summed E-state index contributed by atoms with van der Waals surface area (Å²) in [6, 6.07) is 21.4. The average Bonchev–Trinajstić information content (AvgIpc) is 2.94. The second kappa shape index (κ2) is 15.9. The van der Waals surface area contributed by atoms with Gasteiger partial charge >= 0.3 is 19.8 Å². The van der Waals surface area contributed by atoms with Crippen LogP contribution in [0, 0.1) is 6.92 Å². The Hall–Kier alpha value is -3.73. The van der Waals surface area contributed by atoms with Crippen molar-refractivity contribution >= 4 is 19.8 Å². The second-order valence-electron chi connectivity index (χ2n) is 9.08. The van der Waals surface area contributed by atoms with E-state index in [1.165, 1.54) is 0 Å². The molecule has 220 valence electrons. The Morgan fingerprint density at radius 3 is 2.44 bits per heavy atom. The molecule has 0 aliphatic carbocycles. The maximum Gasteiger partial charge on any atom is 0.472 e. The molecule has 0 heterocycles. The normalized spacial score (nSPS) is 13.1. The van der Waals surface area contributed by atoms with E-state index in [1.807, 2.05) is 79.7 Å². The van der Waals surface area contributed by atoms with Crippen molar-refractivity contribution in [2.75, 3.05) is 19.8 Å². The Bertz CT molecular complexity index is 1350. The number of esters is 1. The molecule has 3 rings (SSSR count). The van der Waals surface area contributed by atoms with Gasteiger partial charge in [0.05, 0.1) is 19.8 Å². The molecule has 0 bridgehead atoms. The molecule has 41 heavy (non-hydrogen) atoms. The van der Waals surface area contributed by atoms with Gasteiger partial charge in [0.15, 0.2) is 0 Å². The molecule has 0 saturated carbocycles.